The first-order valence-corrected chi connectivity index (χ1v) is 10.3. The summed E-state index contributed by atoms with van der Waals surface area (Å²) in [7, 11) is 3.82. The molecule has 0 aliphatic carbocycles. The minimum atomic E-state index is -1.13. The predicted octanol–water partition coefficient (Wildman–Crippen LogP) is 3.34. The number of aromatic amines is 1. The van der Waals surface area contributed by atoms with Gasteiger partial charge in [0.1, 0.15) is 17.7 Å². The number of oxazole rings is 1. The lowest BCUT2D eigenvalue weighted by Gasteiger charge is -2.34. The zero-order valence-corrected chi connectivity index (χ0v) is 17.8. The van der Waals surface area contributed by atoms with E-state index >= 15 is 0 Å². The predicted molar refractivity (Wildman–Crippen MR) is 120 cm³/mol. The molecule has 1 aromatic carbocycles. The van der Waals surface area contributed by atoms with Crippen molar-refractivity contribution in [2.75, 3.05) is 45.2 Å². The number of pyridine rings is 1. The summed E-state index contributed by atoms with van der Waals surface area (Å²) in [6, 6.07) is 8.17. The van der Waals surface area contributed by atoms with Gasteiger partial charge < -0.3 is 29.0 Å². The maximum atomic E-state index is 11.1. The number of carboxylic acids is 1. The summed E-state index contributed by atoms with van der Waals surface area (Å²) in [6.45, 7) is 3.96. The minimum Gasteiger partial charge on any atom is -0.495 e. The number of hydrogen-bond acceptors (Lipinski definition) is 7. The van der Waals surface area contributed by atoms with Gasteiger partial charge in [-0.05, 0) is 30.8 Å². The smallest absolute Gasteiger partial charge is 0.357 e. The summed E-state index contributed by atoms with van der Waals surface area (Å²) < 4.78 is 11.1. The van der Waals surface area contributed by atoms with Crippen LogP contribution in [0.4, 0.5) is 5.69 Å². The standard InChI is InChI=1S/C23H23N5O4/c1-27-5-7-28(8-6-27)19-4-3-14(10-20(19)31-2)15-9-16-17(12-25-21(16)24-11-15)22-26-18(13-32-22)23(29)30/h3-4,9-13H,5-8H2,1-2H3,(H,24,25)(H,29,30). The Morgan fingerprint density at radius 2 is 2.00 bits per heavy atom. The number of anilines is 1. The molecular formula is C23H23N5O4. The first-order chi connectivity index (χ1) is 15.5. The van der Waals surface area contributed by atoms with Gasteiger partial charge in [0, 0.05) is 49.5 Å². The number of nitrogens with zero attached hydrogens (tertiary/aromatic N) is 4. The van der Waals surface area contributed by atoms with Crippen molar-refractivity contribution >= 4 is 22.7 Å². The van der Waals surface area contributed by atoms with Crippen LogP contribution in [0.25, 0.3) is 33.6 Å². The molecule has 0 amide bonds. The van der Waals surface area contributed by atoms with Crippen LogP contribution in [0.5, 0.6) is 5.75 Å². The Morgan fingerprint density at radius 1 is 1.19 bits per heavy atom. The Kier molecular flexibility index (Phi) is 5.02. The number of H-pyrrole nitrogens is 1. The van der Waals surface area contributed by atoms with Gasteiger partial charge in [-0.1, -0.05) is 6.07 Å². The minimum absolute atomic E-state index is 0.136. The number of carbonyl (C=O) groups is 1. The third kappa shape index (κ3) is 3.56. The second-order valence-electron chi connectivity index (χ2n) is 7.84. The SMILES string of the molecule is COc1cc(-c2cnc3[nH]cc(-c4nc(C(=O)O)co4)c3c2)ccc1N1CCN(C)CC1. The molecule has 1 aliphatic rings. The summed E-state index contributed by atoms with van der Waals surface area (Å²) >= 11 is 0. The van der Waals surface area contributed by atoms with E-state index in [0.29, 0.717) is 11.2 Å². The molecule has 0 unspecified atom stereocenters. The average Bonchev–Trinajstić information content (AvgIpc) is 3.46. The van der Waals surface area contributed by atoms with Crippen LogP contribution in [0.3, 0.4) is 0 Å². The molecule has 1 saturated heterocycles. The number of rotatable bonds is 5. The Hall–Kier alpha value is -3.85. The van der Waals surface area contributed by atoms with Gasteiger partial charge in [0.05, 0.1) is 18.4 Å². The van der Waals surface area contributed by atoms with Crippen LogP contribution in [-0.4, -0.2) is 71.3 Å². The summed E-state index contributed by atoms with van der Waals surface area (Å²) in [5, 5.41) is 9.92. The molecule has 0 radical (unpaired) electrons. The van der Waals surface area contributed by atoms with Crippen molar-refractivity contribution < 1.29 is 19.1 Å². The van der Waals surface area contributed by atoms with Crippen LogP contribution in [0.1, 0.15) is 10.5 Å². The van der Waals surface area contributed by atoms with Crippen LogP contribution < -0.4 is 9.64 Å². The van der Waals surface area contributed by atoms with Gasteiger partial charge in [0.15, 0.2) is 5.69 Å². The molecule has 5 rings (SSSR count). The van der Waals surface area contributed by atoms with Crippen LogP contribution in [-0.2, 0) is 0 Å². The average molecular weight is 433 g/mol. The van der Waals surface area contributed by atoms with E-state index in [1.54, 1.807) is 19.5 Å². The molecule has 0 bridgehead atoms. The Morgan fingerprint density at radius 3 is 2.72 bits per heavy atom. The van der Waals surface area contributed by atoms with E-state index in [0.717, 1.165) is 60.4 Å². The zero-order valence-electron chi connectivity index (χ0n) is 17.8. The van der Waals surface area contributed by atoms with Crippen molar-refractivity contribution in [1.82, 2.24) is 19.9 Å². The number of aromatic nitrogens is 3. The van der Waals surface area contributed by atoms with Gasteiger partial charge in [0.25, 0.3) is 0 Å². The quantitative estimate of drug-likeness (QED) is 0.493. The van der Waals surface area contributed by atoms with Gasteiger partial charge in [-0.15, -0.1) is 0 Å². The third-order valence-corrected chi connectivity index (χ3v) is 5.84. The summed E-state index contributed by atoms with van der Waals surface area (Å²) in [5.41, 5.74) is 4.15. The molecule has 3 aromatic heterocycles. The lowest BCUT2D eigenvalue weighted by molar-refractivity contribution is 0.0690. The molecule has 1 fully saturated rings. The van der Waals surface area contributed by atoms with Gasteiger partial charge >= 0.3 is 5.97 Å². The van der Waals surface area contributed by atoms with Crippen LogP contribution in [0.15, 0.2) is 47.3 Å². The number of hydrogen-bond donors (Lipinski definition) is 2. The Balaban J connectivity index is 1.51. The number of methoxy groups -OCH3 is 1. The molecule has 32 heavy (non-hydrogen) atoms. The maximum Gasteiger partial charge on any atom is 0.357 e. The highest BCUT2D eigenvalue weighted by Gasteiger charge is 2.19. The number of fused-ring (bicyclic) bond motifs is 1. The van der Waals surface area contributed by atoms with E-state index in [9.17, 15) is 4.79 Å². The van der Waals surface area contributed by atoms with Crippen molar-refractivity contribution in [1.29, 1.82) is 0 Å². The van der Waals surface area contributed by atoms with Crippen molar-refractivity contribution in [3.63, 3.8) is 0 Å². The molecule has 0 atom stereocenters. The van der Waals surface area contributed by atoms with E-state index < -0.39 is 5.97 Å². The Bertz CT molecular complexity index is 1290. The maximum absolute atomic E-state index is 11.1. The van der Waals surface area contributed by atoms with Crippen molar-refractivity contribution in [3.05, 3.63) is 48.6 Å². The van der Waals surface area contributed by atoms with E-state index in [-0.39, 0.29) is 11.6 Å². The number of carboxylic acid groups (broad SMARTS) is 1. The Labute approximate surface area is 184 Å². The van der Waals surface area contributed by atoms with Crippen LogP contribution in [0, 0.1) is 0 Å². The van der Waals surface area contributed by atoms with Crippen LogP contribution >= 0.6 is 0 Å². The molecule has 1 aliphatic heterocycles. The van der Waals surface area contributed by atoms with E-state index in [1.807, 2.05) is 12.1 Å². The topological polar surface area (TPSA) is 108 Å². The molecule has 4 aromatic rings. The number of aromatic carboxylic acids is 1. The zero-order chi connectivity index (χ0) is 22.2. The lowest BCUT2D eigenvalue weighted by atomic mass is 10.0. The third-order valence-electron chi connectivity index (χ3n) is 5.84. The molecule has 9 heteroatoms. The summed E-state index contributed by atoms with van der Waals surface area (Å²) in [4.78, 5) is 27.5. The normalized spacial score (nSPS) is 14.8. The fraction of sp³-hybridized carbons (Fsp3) is 0.261. The molecule has 4 heterocycles. The van der Waals surface area contributed by atoms with Crippen molar-refractivity contribution in [3.8, 4) is 28.3 Å². The highest BCUT2D eigenvalue weighted by Crippen LogP contribution is 2.36. The second kappa shape index (κ2) is 8.01. The van der Waals surface area contributed by atoms with Gasteiger partial charge in [-0.2, -0.15) is 0 Å². The molecular weight excluding hydrogens is 410 g/mol. The summed E-state index contributed by atoms with van der Waals surface area (Å²) in [6.07, 6.45) is 4.65. The van der Waals surface area contributed by atoms with E-state index in [2.05, 4.69) is 43.9 Å². The van der Waals surface area contributed by atoms with Crippen LogP contribution in [0.2, 0.25) is 0 Å². The fourth-order valence-electron chi connectivity index (χ4n) is 4.00. The summed E-state index contributed by atoms with van der Waals surface area (Å²) in [5.74, 6) is -0.0815. The fourth-order valence-corrected chi connectivity index (χ4v) is 4.00. The molecule has 0 spiro atoms. The first kappa shape index (κ1) is 20.1. The van der Waals surface area contributed by atoms with Gasteiger partial charge in [-0.3, -0.25) is 0 Å². The molecule has 164 valence electrons. The lowest BCUT2D eigenvalue weighted by Crippen LogP contribution is -2.44. The number of piperazine rings is 1. The molecule has 0 saturated carbocycles. The van der Waals surface area contributed by atoms with E-state index in [1.165, 1.54) is 0 Å². The monoisotopic (exact) mass is 433 g/mol. The highest BCUT2D eigenvalue weighted by molar-refractivity contribution is 5.94. The molecule has 2 N–H and O–H groups in total. The molecule has 9 nitrogen and oxygen atoms in total. The number of ether oxygens (including phenoxy) is 1. The number of likely N-dealkylation sites (N-methyl/N-ethyl adjacent to an activating group) is 1. The first-order valence-electron chi connectivity index (χ1n) is 10.3. The second-order valence-corrected chi connectivity index (χ2v) is 7.84. The largest absolute Gasteiger partial charge is 0.495 e. The highest BCUT2D eigenvalue weighted by atomic mass is 16.5. The number of benzene rings is 1. The van der Waals surface area contributed by atoms with Crippen molar-refractivity contribution in [2.45, 2.75) is 0 Å². The van der Waals surface area contributed by atoms with E-state index in [4.69, 9.17) is 14.3 Å². The van der Waals surface area contributed by atoms with Crippen molar-refractivity contribution in [2.24, 2.45) is 0 Å². The van der Waals surface area contributed by atoms with Gasteiger partial charge in [0.2, 0.25) is 5.89 Å². The van der Waals surface area contributed by atoms with Gasteiger partial charge in [-0.25, -0.2) is 14.8 Å². The number of nitrogens with one attached hydrogen (secondary N) is 1.